The van der Waals surface area contributed by atoms with Crippen LogP contribution >= 0.6 is 0 Å². The van der Waals surface area contributed by atoms with Gasteiger partial charge in [-0.15, -0.1) is 0 Å². The molecule has 0 aromatic carbocycles. The fraction of sp³-hybridized carbons (Fsp3) is 1.00. The summed E-state index contributed by atoms with van der Waals surface area (Å²) in [4.78, 5) is 2.68. The molecule has 2 nitrogen and oxygen atoms in total. The van der Waals surface area contributed by atoms with E-state index in [-0.39, 0.29) is 0 Å². The highest BCUT2D eigenvalue weighted by Gasteiger charge is 2.47. The van der Waals surface area contributed by atoms with E-state index in [0.29, 0.717) is 5.54 Å². The van der Waals surface area contributed by atoms with E-state index >= 15 is 0 Å². The van der Waals surface area contributed by atoms with Crippen molar-refractivity contribution < 1.29 is 0 Å². The summed E-state index contributed by atoms with van der Waals surface area (Å²) < 4.78 is 0. The first kappa shape index (κ1) is 13.4. The largest absolute Gasteiger partial charge is 0.329 e. The fourth-order valence-electron chi connectivity index (χ4n) is 3.90. The molecule has 0 amide bonds. The SMILES string of the molecule is CCC(CN)(C1CC1)N(C)C1CCC(C)CC1. The molecule has 2 saturated carbocycles. The Bertz CT molecular complexity index is 235. The fourth-order valence-corrected chi connectivity index (χ4v) is 3.90. The summed E-state index contributed by atoms with van der Waals surface area (Å²) in [7, 11) is 2.34. The van der Waals surface area contributed by atoms with Gasteiger partial charge in [0.05, 0.1) is 0 Å². The lowest BCUT2D eigenvalue weighted by molar-refractivity contribution is 0.0310. The van der Waals surface area contributed by atoms with Crippen LogP contribution in [0, 0.1) is 11.8 Å². The lowest BCUT2D eigenvalue weighted by Crippen LogP contribution is -2.57. The minimum atomic E-state index is 0.311. The van der Waals surface area contributed by atoms with E-state index in [9.17, 15) is 0 Å². The molecular formula is C15H30N2. The average Bonchev–Trinajstić information content (AvgIpc) is 3.17. The highest BCUT2D eigenvalue weighted by atomic mass is 15.2. The second kappa shape index (κ2) is 5.27. The maximum Gasteiger partial charge on any atom is 0.0357 e. The van der Waals surface area contributed by atoms with Gasteiger partial charge in [0.25, 0.3) is 0 Å². The molecule has 0 saturated heterocycles. The van der Waals surface area contributed by atoms with E-state index in [0.717, 1.165) is 24.4 Å². The normalized spacial score (nSPS) is 33.7. The number of nitrogens with zero attached hydrogens (tertiary/aromatic N) is 1. The van der Waals surface area contributed by atoms with Gasteiger partial charge in [0.1, 0.15) is 0 Å². The highest BCUT2D eigenvalue weighted by molar-refractivity contribution is 5.03. The van der Waals surface area contributed by atoms with Crippen LogP contribution in [-0.2, 0) is 0 Å². The van der Waals surface area contributed by atoms with Crippen LogP contribution in [0.2, 0.25) is 0 Å². The van der Waals surface area contributed by atoms with Gasteiger partial charge in [0, 0.05) is 18.1 Å². The van der Waals surface area contributed by atoms with Crippen LogP contribution < -0.4 is 5.73 Å². The third kappa shape index (κ3) is 2.53. The first-order chi connectivity index (χ1) is 8.14. The lowest BCUT2D eigenvalue weighted by Gasteiger charge is -2.47. The van der Waals surface area contributed by atoms with E-state index in [1.807, 2.05) is 0 Å². The number of hydrogen-bond acceptors (Lipinski definition) is 2. The molecule has 17 heavy (non-hydrogen) atoms. The third-order valence-electron chi connectivity index (χ3n) is 5.54. The molecule has 0 spiro atoms. The number of likely N-dealkylation sites (N-methyl/N-ethyl adjacent to an activating group) is 1. The topological polar surface area (TPSA) is 29.3 Å². The minimum Gasteiger partial charge on any atom is -0.329 e. The molecule has 2 fully saturated rings. The number of rotatable bonds is 5. The molecule has 1 unspecified atom stereocenters. The first-order valence-electron chi connectivity index (χ1n) is 7.57. The molecule has 0 aliphatic heterocycles. The van der Waals surface area contributed by atoms with Gasteiger partial charge in [-0.1, -0.05) is 13.8 Å². The predicted molar refractivity (Wildman–Crippen MR) is 74.0 cm³/mol. The molecule has 100 valence electrons. The van der Waals surface area contributed by atoms with Gasteiger partial charge in [0.15, 0.2) is 0 Å². The molecule has 2 aliphatic rings. The van der Waals surface area contributed by atoms with Gasteiger partial charge in [0.2, 0.25) is 0 Å². The van der Waals surface area contributed by atoms with Gasteiger partial charge in [-0.25, -0.2) is 0 Å². The number of hydrogen-bond donors (Lipinski definition) is 1. The van der Waals surface area contributed by atoms with Crippen molar-refractivity contribution in [3.63, 3.8) is 0 Å². The molecule has 2 heteroatoms. The summed E-state index contributed by atoms with van der Waals surface area (Å²) >= 11 is 0. The smallest absolute Gasteiger partial charge is 0.0357 e. The van der Waals surface area contributed by atoms with E-state index < -0.39 is 0 Å². The van der Waals surface area contributed by atoms with Gasteiger partial charge >= 0.3 is 0 Å². The van der Waals surface area contributed by atoms with E-state index in [2.05, 4.69) is 25.8 Å². The summed E-state index contributed by atoms with van der Waals surface area (Å²) in [6.45, 7) is 5.57. The summed E-state index contributed by atoms with van der Waals surface area (Å²) in [5.74, 6) is 1.82. The van der Waals surface area contributed by atoms with Crippen LogP contribution in [0.5, 0.6) is 0 Å². The quantitative estimate of drug-likeness (QED) is 0.798. The Kier molecular flexibility index (Phi) is 4.14. The second-order valence-electron chi connectivity index (χ2n) is 6.46. The van der Waals surface area contributed by atoms with Crippen molar-refractivity contribution in [1.82, 2.24) is 4.90 Å². The Balaban J connectivity index is 2.03. The van der Waals surface area contributed by atoms with Crippen molar-refractivity contribution in [1.29, 1.82) is 0 Å². The Morgan fingerprint density at radius 3 is 2.12 bits per heavy atom. The van der Waals surface area contributed by atoms with Crippen molar-refractivity contribution in [2.75, 3.05) is 13.6 Å². The van der Waals surface area contributed by atoms with Crippen molar-refractivity contribution in [3.8, 4) is 0 Å². The highest BCUT2D eigenvalue weighted by Crippen LogP contribution is 2.46. The summed E-state index contributed by atoms with van der Waals surface area (Å²) in [5.41, 5.74) is 6.46. The van der Waals surface area contributed by atoms with Gasteiger partial charge in [-0.05, 0) is 63.8 Å². The zero-order valence-corrected chi connectivity index (χ0v) is 11.9. The Morgan fingerprint density at radius 1 is 1.12 bits per heavy atom. The van der Waals surface area contributed by atoms with E-state index in [4.69, 9.17) is 5.73 Å². The molecule has 0 radical (unpaired) electrons. The predicted octanol–water partition coefficient (Wildman–Crippen LogP) is 3.01. The molecular weight excluding hydrogens is 208 g/mol. The molecule has 0 aromatic heterocycles. The van der Waals surface area contributed by atoms with E-state index in [1.54, 1.807) is 0 Å². The van der Waals surface area contributed by atoms with Crippen LogP contribution in [0.4, 0.5) is 0 Å². The average molecular weight is 238 g/mol. The zero-order chi connectivity index (χ0) is 12.5. The maximum atomic E-state index is 6.15. The van der Waals surface area contributed by atoms with Crippen LogP contribution in [0.25, 0.3) is 0 Å². The first-order valence-corrected chi connectivity index (χ1v) is 7.57. The van der Waals surface area contributed by atoms with Gasteiger partial charge < -0.3 is 5.73 Å². The van der Waals surface area contributed by atoms with Crippen molar-refractivity contribution in [3.05, 3.63) is 0 Å². The van der Waals surface area contributed by atoms with Crippen LogP contribution in [0.1, 0.15) is 58.8 Å². The summed E-state index contributed by atoms with van der Waals surface area (Å²) in [5, 5.41) is 0. The Hall–Kier alpha value is -0.0800. The maximum absolute atomic E-state index is 6.15. The molecule has 1 atom stereocenters. The Labute approximate surface area is 107 Å². The molecule has 0 heterocycles. The lowest BCUT2D eigenvalue weighted by atomic mass is 9.81. The van der Waals surface area contributed by atoms with Gasteiger partial charge in [-0.3, -0.25) is 4.90 Å². The second-order valence-corrected chi connectivity index (χ2v) is 6.46. The summed E-state index contributed by atoms with van der Waals surface area (Å²) in [6.07, 6.45) is 9.60. The van der Waals surface area contributed by atoms with Crippen molar-refractivity contribution in [2.24, 2.45) is 17.6 Å². The number of nitrogens with two attached hydrogens (primary N) is 1. The Morgan fingerprint density at radius 2 is 1.71 bits per heavy atom. The molecule has 0 bridgehead atoms. The van der Waals surface area contributed by atoms with Crippen LogP contribution in [0.3, 0.4) is 0 Å². The standard InChI is InChI=1S/C15H30N2/c1-4-15(11-16,13-7-8-13)17(3)14-9-5-12(2)6-10-14/h12-14H,4-11,16H2,1-3H3. The summed E-state index contributed by atoms with van der Waals surface area (Å²) in [6, 6.07) is 0.787. The van der Waals surface area contributed by atoms with Crippen molar-refractivity contribution >= 4 is 0 Å². The van der Waals surface area contributed by atoms with E-state index in [1.165, 1.54) is 44.9 Å². The van der Waals surface area contributed by atoms with Crippen molar-refractivity contribution in [2.45, 2.75) is 70.4 Å². The zero-order valence-electron chi connectivity index (χ0n) is 11.9. The molecule has 2 rings (SSSR count). The molecule has 2 N–H and O–H groups in total. The van der Waals surface area contributed by atoms with Crippen LogP contribution in [-0.4, -0.2) is 30.1 Å². The molecule has 0 aromatic rings. The van der Waals surface area contributed by atoms with Crippen LogP contribution in [0.15, 0.2) is 0 Å². The van der Waals surface area contributed by atoms with Gasteiger partial charge in [-0.2, -0.15) is 0 Å². The third-order valence-corrected chi connectivity index (χ3v) is 5.54. The molecule has 2 aliphatic carbocycles. The monoisotopic (exact) mass is 238 g/mol. The minimum absolute atomic E-state index is 0.311.